The van der Waals surface area contributed by atoms with Gasteiger partial charge >= 0.3 is 0 Å². The second-order valence-electron chi connectivity index (χ2n) is 3.34. The number of pyridine rings is 1. The molecule has 0 fully saturated rings. The van der Waals surface area contributed by atoms with Crippen molar-refractivity contribution in [3.05, 3.63) is 60.2 Å². The number of aromatic nitrogens is 1. The quantitative estimate of drug-likeness (QED) is 0.486. The van der Waals surface area contributed by atoms with Crippen molar-refractivity contribution >= 4 is 11.6 Å². The number of benzene rings is 1. The minimum atomic E-state index is -0.560. The Morgan fingerprint density at radius 1 is 1.18 bits per heavy atom. The van der Waals surface area contributed by atoms with Crippen molar-refractivity contribution in [2.24, 2.45) is 5.84 Å². The van der Waals surface area contributed by atoms with Crippen molar-refractivity contribution in [2.75, 3.05) is 5.01 Å². The number of anilines is 1. The predicted molar refractivity (Wildman–Crippen MR) is 61.6 cm³/mol. The molecule has 2 N–H and O–H groups in total. The Balaban J connectivity index is 2.30. The number of hydrazine groups is 1. The molecule has 2 aromatic rings. The molecule has 0 bridgehead atoms. The molecule has 0 unspecified atom stereocenters. The highest BCUT2D eigenvalue weighted by Crippen LogP contribution is 2.17. The van der Waals surface area contributed by atoms with Crippen LogP contribution in [0, 0.1) is 5.82 Å². The van der Waals surface area contributed by atoms with Crippen LogP contribution in [-0.2, 0) is 0 Å². The summed E-state index contributed by atoms with van der Waals surface area (Å²) in [5.41, 5.74) is 0.182. The van der Waals surface area contributed by atoms with E-state index in [2.05, 4.69) is 4.98 Å². The fourth-order valence-electron chi connectivity index (χ4n) is 1.37. The molecule has 0 atom stereocenters. The third-order valence-electron chi connectivity index (χ3n) is 2.21. The number of hydrogen-bond acceptors (Lipinski definition) is 3. The standard InChI is InChI=1S/C12H10FN3O/c13-9-5-1-2-7-11(9)16(14)12(17)10-6-3-4-8-15-10/h1-8H,14H2. The fraction of sp³-hybridized carbons (Fsp3) is 0. The third kappa shape index (κ3) is 2.29. The molecule has 0 saturated heterocycles. The van der Waals surface area contributed by atoms with E-state index >= 15 is 0 Å². The van der Waals surface area contributed by atoms with Crippen LogP contribution in [0.15, 0.2) is 48.7 Å². The van der Waals surface area contributed by atoms with E-state index in [0.717, 1.165) is 5.01 Å². The summed E-state index contributed by atoms with van der Waals surface area (Å²) in [6.45, 7) is 0. The molecular formula is C12H10FN3O. The highest BCUT2D eigenvalue weighted by Gasteiger charge is 2.17. The Kier molecular flexibility index (Phi) is 3.11. The van der Waals surface area contributed by atoms with Crippen LogP contribution in [0.4, 0.5) is 10.1 Å². The zero-order chi connectivity index (χ0) is 12.3. The van der Waals surface area contributed by atoms with E-state index in [-0.39, 0.29) is 11.4 Å². The van der Waals surface area contributed by atoms with Crippen LogP contribution in [-0.4, -0.2) is 10.9 Å². The molecule has 4 nitrogen and oxygen atoms in total. The first-order valence-electron chi connectivity index (χ1n) is 4.95. The number of para-hydroxylation sites is 1. The number of hydrogen-bond donors (Lipinski definition) is 1. The Morgan fingerprint density at radius 2 is 1.88 bits per heavy atom. The van der Waals surface area contributed by atoms with Gasteiger partial charge in [0.2, 0.25) is 0 Å². The average molecular weight is 231 g/mol. The molecule has 17 heavy (non-hydrogen) atoms. The Hall–Kier alpha value is -2.27. The first-order valence-corrected chi connectivity index (χ1v) is 4.95. The summed E-state index contributed by atoms with van der Waals surface area (Å²) >= 11 is 0. The van der Waals surface area contributed by atoms with Crippen LogP contribution in [0.5, 0.6) is 0 Å². The summed E-state index contributed by atoms with van der Waals surface area (Å²) in [5.74, 6) is 4.46. The van der Waals surface area contributed by atoms with Crippen LogP contribution < -0.4 is 10.9 Å². The van der Waals surface area contributed by atoms with E-state index < -0.39 is 11.7 Å². The van der Waals surface area contributed by atoms with Gasteiger partial charge in [-0.05, 0) is 24.3 Å². The normalized spacial score (nSPS) is 10.0. The highest BCUT2D eigenvalue weighted by molar-refractivity contribution is 6.03. The Bertz CT molecular complexity index is 530. The largest absolute Gasteiger partial charge is 0.291 e. The van der Waals surface area contributed by atoms with Crippen LogP contribution in [0.25, 0.3) is 0 Å². The Labute approximate surface area is 97.5 Å². The van der Waals surface area contributed by atoms with Crippen LogP contribution in [0.3, 0.4) is 0 Å². The molecule has 1 aromatic carbocycles. The molecule has 5 heteroatoms. The van der Waals surface area contributed by atoms with Crippen LogP contribution in [0.1, 0.15) is 10.5 Å². The maximum Gasteiger partial charge on any atom is 0.291 e. The zero-order valence-corrected chi connectivity index (χ0v) is 8.88. The smallest absolute Gasteiger partial charge is 0.265 e. The minimum Gasteiger partial charge on any atom is -0.265 e. The first kappa shape index (κ1) is 11.2. The van der Waals surface area contributed by atoms with E-state index in [9.17, 15) is 9.18 Å². The summed E-state index contributed by atoms with van der Waals surface area (Å²) in [7, 11) is 0. The lowest BCUT2D eigenvalue weighted by Crippen LogP contribution is -2.38. The molecule has 0 aliphatic heterocycles. The molecular weight excluding hydrogens is 221 g/mol. The summed E-state index contributed by atoms with van der Waals surface area (Å²) in [5, 5.41) is 0.748. The van der Waals surface area contributed by atoms with Gasteiger partial charge < -0.3 is 0 Å². The molecule has 2 rings (SSSR count). The van der Waals surface area contributed by atoms with Gasteiger partial charge in [0.05, 0.1) is 5.69 Å². The van der Waals surface area contributed by atoms with Gasteiger partial charge in [-0.2, -0.15) is 0 Å². The lowest BCUT2D eigenvalue weighted by molar-refractivity contribution is 0.0981. The van der Waals surface area contributed by atoms with Gasteiger partial charge in [0.15, 0.2) is 0 Å². The molecule has 1 amide bonds. The lowest BCUT2D eigenvalue weighted by atomic mass is 10.2. The average Bonchev–Trinajstić information content (AvgIpc) is 2.39. The number of nitrogens with zero attached hydrogens (tertiary/aromatic N) is 2. The van der Waals surface area contributed by atoms with Gasteiger partial charge in [0.1, 0.15) is 11.5 Å². The van der Waals surface area contributed by atoms with Gasteiger partial charge in [-0.3, -0.25) is 9.78 Å². The molecule has 0 saturated carbocycles. The lowest BCUT2D eigenvalue weighted by Gasteiger charge is -2.16. The third-order valence-corrected chi connectivity index (χ3v) is 2.21. The van der Waals surface area contributed by atoms with Gasteiger partial charge in [0.25, 0.3) is 5.91 Å². The summed E-state index contributed by atoms with van der Waals surface area (Å²) in [4.78, 5) is 15.7. The number of rotatable bonds is 2. The highest BCUT2D eigenvalue weighted by atomic mass is 19.1. The summed E-state index contributed by atoms with van der Waals surface area (Å²) in [6.07, 6.45) is 1.47. The topological polar surface area (TPSA) is 59.2 Å². The van der Waals surface area contributed by atoms with Gasteiger partial charge in [-0.15, -0.1) is 0 Å². The maximum atomic E-state index is 13.4. The number of halogens is 1. The van der Waals surface area contributed by atoms with Crippen LogP contribution in [0.2, 0.25) is 0 Å². The molecule has 0 spiro atoms. The SMILES string of the molecule is NN(C(=O)c1ccccn1)c1ccccc1F. The van der Waals surface area contributed by atoms with Gasteiger partial charge in [-0.25, -0.2) is 15.2 Å². The minimum absolute atomic E-state index is 0.0168. The molecule has 86 valence electrons. The number of carbonyl (C=O) groups is 1. The van der Waals surface area contributed by atoms with Crippen molar-refractivity contribution in [1.29, 1.82) is 0 Å². The van der Waals surface area contributed by atoms with Crippen LogP contribution >= 0.6 is 0 Å². The van der Waals surface area contributed by atoms with Crippen molar-refractivity contribution in [3.8, 4) is 0 Å². The van der Waals surface area contributed by atoms with Gasteiger partial charge in [-0.1, -0.05) is 18.2 Å². The Morgan fingerprint density at radius 3 is 2.53 bits per heavy atom. The summed E-state index contributed by atoms with van der Waals surface area (Å²) in [6, 6.07) is 10.7. The second-order valence-corrected chi connectivity index (χ2v) is 3.34. The number of carbonyl (C=O) groups excluding carboxylic acids is 1. The van der Waals surface area contributed by atoms with E-state index in [1.54, 1.807) is 18.2 Å². The van der Waals surface area contributed by atoms with Gasteiger partial charge in [0, 0.05) is 6.20 Å². The zero-order valence-electron chi connectivity index (χ0n) is 8.88. The van der Waals surface area contributed by atoms with Crippen molar-refractivity contribution in [3.63, 3.8) is 0 Å². The molecule has 1 aromatic heterocycles. The fourth-order valence-corrected chi connectivity index (χ4v) is 1.37. The van der Waals surface area contributed by atoms with Crippen molar-refractivity contribution in [1.82, 2.24) is 4.98 Å². The van der Waals surface area contributed by atoms with E-state index in [1.165, 1.54) is 30.5 Å². The maximum absolute atomic E-state index is 13.4. The predicted octanol–water partition coefficient (Wildman–Crippen LogP) is 1.74. The summed E-state index contributed by atoms with van der Waals surface area (Å²) < 4.78 is 13.4. The monoisotopic (exact) mass is 231 g/mol. The van der Waals surface area contributed by atoms with E-state index in [4.69, 9.17) is 5.84 Å². The van der Waals surface area contributed by atoms with Crippen molar-refractivity contribution in [2.45, 2.75) is 0 Å². The number of amides is 1. The van der Waals surface area contributed by atoms with E-state index in [1.807, 2.05) is 0 Å². The molecule has 0 aliphatic carbocycles. The molecule has 0 aliphatic rings. The van der Waals surface area contributed by atoms with Crippen molar-refractivity contribution < 1.29 is 9.18 Å². The molecule has 1 heterocycles. The molecule has 0 radical (unpaired) electrons. The number of nitrogens with two attached hydrogens (primary N) is 1. The second kappa shape index (κ2) is 4.71. The first-order chi connectivity index (χ1) is 8.20. The van der Waals surface area contributed by atoms with E-state index in [0.29, 0.717) is 0 Å².